The minimum Gasteiger partial charge on any atom is -0.462 e. The standard InChI is InChI=1S/C75H140NO8P/c1-6-8-10-12-14-16-18-20-22-24-26-28-30-32-34-35-36-37-38-39-40-42-43-45-47-49-51-53-55-57-59-61-63-65-67-74(77)81-71-73(72-83-85(79,80)82-70-69-76(3,4)5)84-75(78)68-66-64-62-60-58-56-54-52-50-48-46-44-41-33-31-29-27-25-23-21-19-17-15-13-11-9-7-2/h9,11,15,17,21,23,27,29,33,41,73H,6-8,10,12-14,16,18-20,22,24-26,28,30-32,34-40,42-72H2,1-5H3/p+1/b11-9-,17-15-,23-21-,29-27-,41-33-. The molecule has 0 amide bonds. The topological polar surface area (TPSA) is 108 Å². The molecule has 0 aliphatic rings. The van der Waals surface area contributed by atoms with Crippen molar-refractivity contribution < 1.29 is 42.1 Å². The third kappa shape index (κ3) is 70.7. The van der Waals surface area contributed by atoms with Crippen LogP contribution in [0.4, 0.5) is 0 Å². The normalized spacial score (nSPS) is 13.4. The Morgan fingerprint density at radius 1 is 0.376 bits per heavy atom. The Bertz CT molecular complexity index is 1620. The molecule has 0 saturated carbocycles. The van der Waals surface area contributed by atoms with Gasteiger partial charge in [0.05, 0.1) is 27.7 Å². The lowest BCUT2D eigenvalue weighted by Crippen LogP contribution is -2.37. The Hall–Kier alpha value is -2.29. The number of quaternary nitrogens is 1. The molecular formula is C75H141NO8P+. The molecule has 0 heterocycles. The number of allylic oxidation sites excluding steroid dienone is 10. The van der Waals surface area contributed by atoms with E-state index in [1.807, 2.05) is 21.1 Å². The first-order valence-electron chi connectivity index (χ1n) is 36.5. The molecule has 9 nitrogen and oxygen atoms in total. The van der Waals surface area contributed by atoms with Crippen LogP contribution in [-0.2, 0) is 32.7 Å². The summed E-state index contributed by atoms with van der Waals surface area (Å²) in [5, 5.41) is 0. The van der Waals surface area contributed by atoms with Crippen LogP contribution in [0.3, 0.4) is 0 Å². The largest absolute Gasteiger partial charge is 0.472 e. The zero-order valence-corrected chi connectivity index (χ0v) is 57.7. The maximum atomic E-state index is 12.9. The first-order valence-corrected chi connectivity index (χ1v) is 38.0. The van der Waals surface area contributed by atoms with Crippen molar-refractivity contribution in [3.05, 3.63) is 60.8 Å². The van der Waals surface area contributed by atoms with Crippen LogP contribution in [0.2, 0.25) is 0 Å². The first kappa shape index (κ1) is 82.7. The summed E-state index contributed by atoms with van der Waals surface area (Å²) in [7, 11) is 1.49. The van der Waals surface area contributed by atoms with Gasteiger partial charge in [-0.3, -0.25) is 18.6 Å². The fourth-order valence-electron chi connectivity index (χ4n) is 10.8. The third-order valence-electron chi connectivity index (χ3n) is 16.3. The zero-order valence-electron chi connectivity index (χ0n) is 56.9. The minimum atomic E-state index is -4.39. The fourth-order valence-corrected chi connectivity index (χ4v) is 11.5. The van der Waals surface area contributed by atoms with Crippen LogP contribution in [0.15, 0.2) is 60.8 Å². The number of carbonyl (C=O) groups excluding carboxylic acids is 2. The lowest BCUT2D eigenvalue weighted by Gasteiger charge is -2.24. The van der Waals surface area contributed by atoms with E-state index in [-0.39, 0.29) is 25.6 Å². The van der Waals surface area contributed by atoms with Crippen molar-refractivity contribution in [1.29, 1.82) is 0 Å². The number of esters is 2. The van der Waals surface area contributed by atoms with Gasteiger partial charge < -0.3 is 18.9 Å². The van der Waals surface area contributed by atoms with Crippen molar-refractivity contribution in [2.45, 2.75) is 360 Å². The quantitative estimate of drug-likeness (QED) is 0.0211. The number of phosphoric acid groups is 1. The van der Waals surface area contributed by atoms with Crippen LogP contribution in [-0.4, -0.2) is 74.9 Å². The number of likely N-dealkylation sites (N-methyl/N-ethyl adjacent to an activating group) is 1. The van der Waals surface area contributed by atoms with Gasteiger partial charge in [-0.1, -0.05) is 344 Å². The van der Waals surface area contributed by atoms with Crippen LogP contribution in [0, 0.1) is 0 Å². The molecule has 0 rings (SSSR count). The summed E-state index contributed by atoms with van der Waals surface area (Å²) >= 11 is 0. The van der Waals surface area contributed by atoms with Gasteiger partial charge in [-0.25, -0.2) is 4.57 Å². The maximum Gasteiger partial charge on any atom is 0.472 e. The molecule has 0 radical (unpaired) electrons. The summed E-state index contributed by atoms with van der Waals surface area (Å²) in [4.78, 5) is 35.9. The molecule has 0 aromatic carbocycles. The molecule has 0 fully saturated rings. The van der Waals surface area contributed by atoms with Crippen molar-refractivity contribution in [3.63, 3.8) is 0 Å². The molecule has 0 spiro atoms. The Morgan fingerprint density at radius 2 is 0.671 bits per heavy atom. The van der Waals surface area contributed by atoms with E-state index in [4.69, 9.17) is 18.5 Å². The van der Waals surface area contributed by atoms with Gasteiger partial charge in [0.2, 0.25) is 0 Å². The van der Waals surface area contributed by atoms with Crippen molar-refractivity contribution in [2.24, 2.45) is 0 Å². The number of hydrogen-bond donors (Lipinski definition) is 1. The summed E-state index contributed by atoms with van der Waals surface area (Å²) in [6.07, 6.45) is 87.7. The second-order valence-electron chi connectivity index (χ2n) is 26.0. The lowest BCUT2D eigenvalue weighted by atomic mass is 10.0. The van der Waals surface area contributed by atoms with Crippen LogP contribution in [0.1, 0.15) is 354 Å². The molecule has 2 atom stereocenters. The molecule has 0 bridgehead atoms. The lowest BCUT2D eigenvalue weighted by molar-refractivity contribution is -0.870. The summed E-state index contributed by atoms with van der Waals surface area (Å²) in [5.41, 5.74) is 0. The molecule has 498 valence electrons. The fraction of sp³-hybridized carbons (Fsp3) is 0.840. The van der Waals surface area contributed by atoms with Crippen LogP contribution >= 0.6 is 7.82 Å². The molecule has 0 saturated heterocycles. The molecule has 1 N–H and O–H groups in total. The predicted molar refractivity (Wildman–Crippen MR) is 367 cm³/mol. The summed E-state index contributed by atoms with van der Waals surface area (Å²) in [6.45, 7) is 4.38. The second kappa shape index (κ2) is 66.1. The smallest absolute Gasteiger partial charge is 0.462 e. The molecule has 0 aliphatic heterocycles. The van der Waals surface area contributed by atoms with Gasteiger partial charge in [0, 0.05) is 12.8 Å². The number of ether oxygens (including phenoxy) is 2. The van der Waals surface area contributed by atoms with E-state index in [0.717, 1.165) is 70.6 Å². The molecule has 0 aromatic rings. The Kier molecular flexibility index (Phi) is 64.4. The number of rotatable bonds is 68. The van der Waals surface area contributed by atoms with E-state index in [2.05, 4.69) is 74.6 Å². The molecular weight excluding hydrogens is 1070 g/mol. The van der Waals surface area contributed by atoms with Crippen LogP contribution in [0.25, 0.3) is 0 Å². The summed E-state index contributed by atoms with van der Waals surface area (Å²) in [6, 6.07) is 0. The Labute approximate surface area is 527 Å². The van der Waals surface area contributed by atoms with Crippen molar-refractivity contribution in [1.82, 2.24) is 0 Å². The average molecular weight is 1220 g/mol. The molecule has 85 heavy (non-hydrogen) atoms. The van der Waals surface area contributed by atoms with Crippen molar-refractivity contribution >= 4 is 19.8 Å². The molecule has 2 unspecified atom stereocenters. The monoisotopic (exact) mass is 1220 g/mol. The molecule has 0 aromatic heterocycles. The van der Waals surface area contributed by atoms with Gasteiger partial charge in [0.1, 0.15) is 19.8 Å². The SMILES string of the molecule is CC/C=C\C/C=C\C/C=C\C/C=C\C/C=C\CCCCCCCCCCCCCC(=O)OC(COC(=O)CCCCCCCCCCCCCCCCCCCCCCCCCCCCCCCCCCCC)COP(=O)(O)OCC[N+](C)(C)C. The maximum absolute atomic E-state index is 12.9. The van der Waals surface area contributed by atoms with E-state index in [1.54, 1.807) is 0 Å². The number of nitrogens with zero attached hydrogens (tertiary/aromatic N) is 1. The molecule has 0 aliphatic carbocycles. The second-order valence-corrected chi connectivity index (χ2v) is 27.4. The zero-order chi connectivity index (χ0) is 61.9. The van der Waals surface area contributed by atoms with Crippen LogP contribution in [0.5, 0.6) is 0 Å². The van der Waals surface area contributed by atoms with Crippen LogP contribution < -0.4 is 0 Å². The van der Waals surface area contributed by atoms with E-state index in [1.165, 1.54) is 250 Å². The number of phosphoric ester groups is 1. The minimum absolute atomic E-state index is 0.0312. The highest BCUT2D eigenvalue weighted by atomic mass is 31.2. The predicted octanol–water partition coefficient (Wildman–Crippen LogP) is 23.8. The van der Waals surface area contributed by atoms with Gasteiger partial charge in [-0.05, 0) is 57.8 Å². The number of unbranched alkanes of at least 4 members (excludes halogenated alkanes) is 44. The number of hydrogen-bond acceptors (Lipinski definition) is 7. The molecule has 10 heteroatoms. The van der Waals surface area contributed by atoms with E-state index in [9.17, 15) is 19.0 Å². The first-order chi connectivity index (χ1) is 41.5. The Morgan fingerprint density at radius 3 is 1.00 bits per heavy atom. The van der Waals surface area contributed by atoms with Gasteiger partial charge in [-0.2, -0.15) is 0 Å². The van der Waals surface area contributed by atoms with E-state index in [0.29, 0.717) is 23.9 Å². The highest BCUT2D eigenvalue weighted by molar-refractivity contribution is 7.47. The third-order valence-corrected chi connectivity index (χ3v) is 17.3. The van der Waals surface area contributed by atoms with E-state index >= 15 is 0 Å². The van der Waals surface area contributed by atoms with Gasteiger partial charge in [-0.15, -0.1) is 0 Å². The van der Waals surface area contributed by atoms with Crippen molar-refractivity contribution in [2.75, 3.05) is 47.5 Å². The van der Waals surface area contributed by atoms with Gasteiger partial charge in [0.15, 0.2) is 6.10 Å². The van der Waals surface area contributed by atoms with Crippen molar-refractivity contribution in [3.8, 4) is 0 Å². The highest BCUT2D eigenvalue weighted by Gasteiger charge is 2.27. The van der Waals surface area contributed by atoms with Gasteiger partial charge in [0.25, 0.3) is 0 Å². The summed E-state index contributed by atoms with van der Waals surface area (Å²) < 4.78 is 34.8. The van der Waals surface area contributed by atoms with Gasteiger partial charge >= 0.3 is 19.8 Å². The highest BCUT2D eigenvalue weighted by Crippen LogP contribution is 2.43. The summed E-state index contributed by atoms with van der Waals surface area (Å²) in [5.74, 6) is -0.785. The number of carbonyl (C=O) groups is 2. The van der Waals surface area contributed by atoms with E-state index < -0.39 is 26.5 Å². The average Bonchev–Trinajstić information content (AvgIpc) is 3.52. The Balaban J connectivity index is 3.97.